The van der Waals surface area contributed by atoms with Crippen molar-refractivity contribution in [2.24, 2.45) is 10.9 Å². The van der Waals surface area contributed by atoms with Crippen LogP contribution in [0.1, 0.15) is 24.5 Å². The Labute approximate surface area is 115 Å². The predicted molar refractivity (Wildman–Crippen MR) is 74.0 cm³/mol. The van der Waals surface area contributed by atoms with E-state index in [-0.39, 0.29) is 17.8 Å². The van der Waals surface area contributed by atoms with Crippen LogP contribution >= 0.6 is 11.8 Å². The molecule has 6 heteroatoms. The van der Waals surface area contributed by atoms with Crippen molar-refractivity contribution in [2.45, 2.75) is 30.5 Å². The summed E-state index contributed by atoms with van der Waals surface area (Å²) >= 11 is 1.75. The normalized spacial score (nSPS) is 23.8. The summed E-state index contributed by atoms with van der Waals surface area (Å²) in [6, 6.07) is 4.47. The van der Waals surface area contributed by atoms with Crippen LogP contribution in [0.4, 0.5) is 4.39 Å². The zero-order valence-electron chi connectivity index (χ0n) is 10.7. The summed E-state index contributed by atoms with van der Waals surface area (Å²) in [5.41, 5.74) is 6.70. The highest BCUT2D eigenvalue weighted by Gasteiger charge is 2.24. The number of amidine groups is 1. The summed E-state index contributed by atoms with van der Waals surface area (Å²) in [5.74, 6) is 0.223. The molecule has 1 aromatic carbocycles. The number of ether oxygens (including phenoxy) is 1. The quantitative estimate of drug-likeness (QED) is 0.385. The molecule has 0 saturated carbocycles. The van der Waals surface area contributed by atoms with E-state index in [4.69, 9.17) is 15.7 Å². The van der Waals surface area contributed by atoms with Gasteiger partial charge in [0.25, 0.3) is 0 Å². The van der Waals surface area contributed by atoms with Crippen LogP contribution in [0.3, 0.4) is 0 Å². The van der Waals surface area contributed by atoms with Crippen LogP contribution in [0, 0.1) is 5.82 Å². The lowest BCUT2D eigenvalue weighted by Gasteiger charge is -2.13. The van der Waals surface area contributed by atoms with Crippen LogP contribution in [0.15, 0.2) is 23.4 Å². The Morgan fingerprint density at radius 2 is 2.37 bits per heavy atom. The Kier molecular flexibility index (Phi) is 4.66. The molecule has 1 aliphatic rings. The molecule has 1 heterocycles. The molecule has 0 amide bonds. The van der Waals surface area contributed by atoms with Gasteiger partial charge in [0.05, 0.1) is 6.10 Å². The van der Waals surface area contributed by atoms with E-state index < -0.39 is 0 Å². The molecule has 1 aliphatic heterocycles. The number of hydrogen-bond donors (Lipinski definition) is 2. The van der Waals surface area contributed by atoms with E-state index in [1.54, 1.807) is 17.8 Å². The van der Waals surface area contributed by atoms with Gasteiger partial charge in [0, 0.05) is 23.2 Å². The maximum Gasteiger partial charge on any atom is 0.170 e. The van der Waals surface area contributed by atoms with Gasteiger partial charge in [-0.25, -0.2) is 4.39 Å². The zero-order chi connectivity index (χ0) is 13.8. The third kappa shape index (κ3) is 3.61. The van der Waals surface area contributed by atoms with Gasteiger partial charge >= 0.3 is 0 Å². The average molecular weight is 284 g/mol. The molecule has 1 saturated heterocycles. The maximum atomic E-state index is 13.5. The van der Waals surface area contributed by atoms with Crippen LogP contribution in [-0.4, -0.2) is 29.0 Å². The van der Waals surface area contributed by atoms with Crippen molar-refractivity contribution in [1.29, 1.82) is 0 Å². The van der Waals surface area contributed by atoms with Gasteiger partial charge in [0.2, 0.25) is 0 Å². The van der Waals surface area contributed by atoms with Crippen molar-refractivity contribution in [1.82, 2.24) is 0 Å². The minimum Gasteiger partial charge on any atom is -0.409 e. The fourth-order valence-electron chi connectivity index (χ4n) is 2.07. The molecule has 0 radical (unpaired) electrons. The van der Waals surface area contributed by atoms with E-state index in [2.05, 4.69) is 12.1 Å². The Hall–Kier alpha value is -1.27. The summed E-state index contributed by atoms with van der Waals surface area (Å²) in [4.78, 5) is 0. The summed E-state index contributed by atoms with van der Waals surface area (Å²) in [7, 11) is 0. The predicted octanol–water partition coefficient (Wildman–Crippen LogP) is 2.33. The first-order valence-electron chi connectivity index (χ1n) is 6.10. The maximum absolute atomic E-state index is 13.5. The topological polar surface area (TPSA) is 67.8 Å². The molecule has 2 atom stereocenters. The minimum atomic E-state index is -0.379. The summed E-state index contributed by atoms with van der Waals surface area (Å²) in [6.07, 6.45) is 1.26. The number of halogens is 1. The second kappa shape index (κ2) is 6.25. The molecule has 1 aromatic rings. The first-order valence-corrected chi connectivity index (χ1v) is 7.15. The van der Waals surface area contributed by atoms with E-state index in [1.807, 2.05) is 0 Å². The first-order chi connectivity index (χ1) is 9.10. The fourth-order valence-corrected chi connectivity index (χ4v) is 3.26. The smallest absolute Gasteiger partial charge is 0.170 e. The Morgan fingerprint density at radius 3 is 3.00 bits per heavy atom. The molecule has 104 valence electrons. The molecule has 0 aromatic heterocycles. The van der Waals surface area contributed by atoms with Crippen molar-refractivity contribution >= 4 is 17.6 Å². The molecular weight excluding hydrogens is 267 g/mol. The molecule has 0 spiro atoms. The van der Waals surface area contributed by atoms with E-state index in [0.29, 0.717) is 16.6 Å². The highest BCUT2D eigenvalue weighted by atomic mass is 32.2. The van der Waals surface area contributed by atoms with Crippen LogP contribution in [-0.2, 0) is 10.5 Å². The van der Waals surface area contributed by atoms with Gasteiger partial charge in [0.1, 0.15) is 5.82 Å². The van der Waals surface area contributed by atoms with Gasteiger partial charge < -0.3 is 15.7 Å². The number of oxime groups is 1. The first kappa shape index (κ1) is 14.1. The average Bonchev–Trinajstić information content (AvgIpc) is 2.80. The monoisotopic (exact) mass is 284 g/mol. The Morgan fingerprint density at radius 1 is 1.58 bits per heavy atom. The number of thioether (sulfide) groups is 1. The zero-order valence-corrected chi connectivity index (χ0v) is 11.5. The van der Waals surface area contributed by atoms with Gasteiger partial charge in [-0.3, -0.25) is 0 Å². The lowest BCUT2D eigenvalue weighted by molar-refractivity contribution is 0.127. The number of hydrogen-bond acceptors (Lipinski definition) is 4. The van der Waals surface area contributed by atoms with Gasteiger partial charge in [-0.1, -0.05) is 5.16 Å². The van der Waals surface area contributed by atoms with Crippen molar-refractivity contribution in [3.63, 3.8) is 0 Å². The lowest BCUT2D eigenvalue weighted by atomic mass is 10.1. The molecule has 4 nitrogen and oxygen atoms in total. The fraction of sp³-hybridized carbons (Fsp3) is 0.462. The second-order valence-electron chi connectivity index (χ2n) is 4.55. The molecule has 2 unspecified atom stereocenters. The van der Waals surface area contributed by atoms with Gasteiger partial charge in [-0.2, -0.15) is 11.8 Å². The van der Waals surface area contributed by atoms with Crippen molar-refractivity contribution in [3.05, 3.63) is 35.1 Å². The lowest BCUT2D eigenvalue weighted by Crippen LogP contribution is -2.15. The molecule has 2 rings (SSSR count). The van der Waals surface area contributed by atoms with Gasteiger partial charge in [0.15, 0.2) is 5.84 Å². The van der Waals surface area contributed by atoms with Crippen molar-refractivity contribution < 1.29 is 14.3 Å². The van der Waals surface area contributed by atoms with E-state index in [9.17, 15) is 4.39 Å². The standard InChI is InChI=1S/C13H17FN2O2S/c1-8-12(2-3-18-8)19-7-9-4-10(13(15)16-17)6-11(14)5-9/h4-6,8,12,17H,2-3,7H2,1H3,(H2,15,16). The molecular formula is C13H17FN2O2S. The number of nitrogens with zero attached hydrogens (tertiary/aromatic N) is 1. The summed E-state index contributed by atoms with van der Waals surface area (Å²) in [5, 5.41) is 12.0. The largest absolute Gasteiger partial charge is 0.409 e. The van der Waals surface area contributed by atoms with E-state index in [1.165, 1.54) is 12.1 Å². The summed E-state index contributed by atoms with van der Waals surface area (Å²) in [6.45, 7) is 2.84. The Balaban J connectivity index is 2.05. The molecule has 0 bridgehead atoms. The molecule has 19 heavy (non-hydrogen) atoms. The SMILES string of the molecule is CC1OCCC1SCc1cc(F)cc(/C(N)=N/O)c1. The van der Waals surface area contributed by atoms with E-state index >= 15 is 0 Å². The van der Waals surface area contributed by atoms with Crippen LogP contribution in [0.25, 0.3) is 0 Å². The summed E-state index contributed by atoms with van der Waals surface area (Å²) < 4.78 is 19.0. The second-order valence-corrected chi connectivity index (χ2v) is 5.77. The number of nitrogens with two attached hydrogens (primary N) is 1. The third-order valence-electron chi connectivity index (χ3n) is 3.13. The van der Waals surface area contributed by atoms with E-state index in [0.717, 1.165) is 18.6 Å². The highest BCUT2D eigenvalue weighted by Crippen LogP contribution is 2.29. The highest BCUT2D eigenvalue weighted by molar-refractivity contribution is 7.99. The van der Waals surface area contributed by atoms with Crippen LogP contribution in [0.5, 0.6) is 0 Å². The van der Waals surface area contributed by atoms with Crippen LogP contribution < -0.4 is 5.73 Å². The molecule has 1 fully saturated rings. The molecule has 0 aliphatic carbocycles. The van der Waals surface area contributed by atoms with Gasteiger partial charge in [-0.05, 0) is 37.1 Å². The number of rotatable bonds is 4. The number of benzene rings is 1. The van der Waals surface area contributed by atoms with Crippen LogP contribution in [0.2, 0.25) is 0 Å². The van der Waals surface area contributed by atoms with Crippen molar-refractivity contribution in [2.75, 3.05) is 6.61 Å². The third-order valence-corrected chi connectivity index (χ3v) is 4.68. The van der Waals surface area contributed by atoms with Crippen molar-refractivity contribution in [3.8, 4) is 0 Å². The Bertz CT molecular complexity index is 482. The van der Waals surface area contributed by atoms with Gasteiger partial charge in [-0.15, -0.1) is 0 Å². The molecule has 3 N–H and O–H groups in total. The minimum absolute atomic E-state index is 0.0803.